The SMILES string of the molecule is COc1ccc(C(O)c2cc(OC)c(OC)cc2F)cc1. The predicted molar refractivity (Wildman–Crippen MR) is 76.6 cm³/mol. The van der Waals surface area contributed by atoms with Crippen LogP contribution in [0.3, 0.4) is 0 Å². The molecule has 0 saturated carbocycles. The van der Waals surface area contributed by atoms with Gasteiger partial charge in [-0.25, -0.2) is 4.39 Å². The number of aliphatic hydroxyl groups excluding tert-OH is 1. The van der Waals surface area contributed by atoms with Gasteiger partial charge >= 0.3 is 0 Å². The van der Waals surface area contributed by atoms with E-state index in [4.69, 9.17) is 14.2 Å². The highest BCUT2D eigenvalue weighted by Crippen LogP contribution is 2.34. The van der Waals surface area contributed by atoms with Crippen molar-refractivity contribution in [3.63, 3.8) is 0 Å². The Kier molecular flexibility index (Phi) is 4.65. The third-order valence-electron chi connectivity index (χ3n) is 3.23. The summed E-state index contributed by atoms with van der Waals surface area (Å²) in [5, 5.41) is 10.3. The van der Waals surface area contributed by atoms with Crippen LogP contribution in [0.4, 0.5) is 4.39 Å². The van der Waals surface area contributed by atoms with Crippen LogP contribution >= 0.6 is 0 Å². The van der Waals surface area contributed by atoms with Gasteiger partial charge in [-0.1, -0.05) is 12.1 Å². The number of halogens is 1. The highest BCUT2D eigenvalue weighted by Gasteiger charge is 2.19. The van der Waals surface area contributed by atoms with Crippen LogP contribution in [-0.2, 0) is 0 Å². The number of hydrogen-bond acceptors (Lipinski definition) is 4. The quantitative estimate of drug-likeness (QED) is 0.920. The average Bonchev–Trinajstić information content (AvgIpc) is 2.54. The molecule has 1 atom stereocenters. The van der Waals surface area contributed by atoms with E-state index in [0.29, 0.717) is 17.1 Å². The summed E-state index contributed by atoms with van der Waals surface area (Å²) in [5.41, 5.74) is 0.680. The fraction of sp³-hybridized carbons (Fsp3) is 0.250. The van der Waals surface area contributed by atoms with Crippen molar-refractivity contribution in [3.05, 3.63) is 53.3 Å². The van der Waals surface area contributed by atoms with Gasteiger partial charge in [0.2, 0.25) is 0 Å². The van der Waals surface area contributed by atoms with Crippen LogP contribution in [0.2, 0.25) is 0 Å². The number of rotatable bonds is 5. The van der Waals surface area contributed by atoms with E-state index >= 15 is 0 Å². The summed E-state index contributed by atoms with van der Waals surface area (Å²) in [7, 11) is 4.44. The van der Waals surface area contributed by atoms with E-state index in [2.05, 4.69) is 0 Å². The monoisotopic (exact) mass is 292 g/mol. The van der Waals surface area contributed by atoms with E-state index in [9.17, 15) is 9.50 Å². The molecule has 4 nitrogen and oxygen atoms in total. The van der Waals surface area contributed by atoms with Gasteiger partial charge in [-0.05, 0) is 23.8 Å². The lowest BCUT2D eigenvalue weighted by Gasteiger charge is -2.16. The van der Waals surface area contributed by atoms with E-state index in [1.807, 2.05) is 0 Å². The van der Waals surface area contributed by atoms with Crippen molar-refractivity contribution in [2.75, 3.05) is 21.3 Å². The lowest BCUT2D eigenvalue weighted by Crippen LogP contribution is -2.04. The summed E-state index contributed by atoms with van der Waals surface area (Å²) >= 11 is 0. The van der Waals surface area contributed by atoms with Gasteiger partial charge in [0.25, 0.3) is 0 Å². The molecule has 2 aromatic carbocycles. The topological polar surface area (TPSA) is 47.9 Å². The fourth-order valence-electron chi connectivity index (χ4n) is 2.05. The molecule has 0 radical (unpaired) electrons. The molecule has 112 valence electrons. The van der Waals surface area contributed by atoms with E-state index in [1.54, 1.807) is 31.4 Å². The summed E-state index contributed by atoms with van der Waals surface area (Å²) in [6.07, 6.45) is -1.10. The summed E-state index contributed by atoms with van der Waals surface area (Å²) in [6, 6.07) is 9.40. The van der Waals surface area contributed by atoms with Crippen LogP contribution < -0.4 is 14.2 Å². The van der Waals surface area contributed by atoms with Crippen molar-refractivity contribution >= 4 is 0 Å². The van der Waals surface area contributed by atoms with Crippen molar-refractivity contribution in [1.82, 2.24) is 0 Å². The molecule has 0 amide bonds. The van der Waals surface area contributed by atoms with Gasteiger partial charge in [-0.3, -0.25) is 0 Å². The van der Waals surface area contributed by atoms with Crippen molar-refractivity contribution in [2.45, 2.75) is 6.10 Å². The van der Waals surface area contributed by atoms with Crippen LogP contribution in [0, 0.1) is 5.82 Å². The van der Waals surface area contributed by atoms with Crippen LogP contribution in [0.5, 0.6) is 17.2 Å². The Balaban J connectivity index is 2.39. The molecule has 0 bridgehead atoms. The second kappa shape index (κ2) is 6.45. The summed E-state index contributed by atoms with van der Waals surface area (Å²) in [6.45, 7) is 0. The Hall–Kier alpha value is -2.27. The first-order valence-electron chi connectivity index (χ1n) is 6.34. The molecule has 1 unspecified atom stereocenters. The maximum absolute atomic E-state index is 14.1. The number of ether oxygens (including phenoxy) is 3. The minimum absolute atomic E-state index is 0.123. The zero-order chi connectivity index (χ0) is 15.4. The van der Waals surface area contributed by atoms with Crippen molar-refractivity contribution < 1.29 is 23.7 Å². The molecule has 0 fully saturated rings. The van der Waals surface area contributed by atoms with Crippen molar-refractivity contribution in [2.24, 2.45) is 0 Å². The Morgan fingerprint density at radius 2 is 1.48 bits per heavy atom. The first-order chi connectivity index (χ1) is 10.1. The predicted octanol–water partition coefficient (Wildman–Crippen LogP) is 2.93. The van der Waals surface area contributed by atoms with Crippen LogP contribution in [0.25, 0.3) is 0 Å². The molecule has 0 spiro atoms. The van der Waals surface area contributed by atoms with Gasteiger partial charge in [0.15, 0.2) is 11.5 Å². The molecule has 5 heteroatoms. The lowest BCUT2D eigenvalue weighted by molar-refractivity contribution is 0.213. The van der Waals surface area contributed by atoms with Crippen LogP contribution in [-0.4, -0.2) is 26.4 Å². The largest absolute Gasteiger partial charge is 0.497 e. The Labute approximate surface area is 122 Å². The minimum atomic E-state index is -1.10. The molecule has 0 aliphatic rings. The highest BCUT2D eigenvalue weighted by molar-refractivity contribution is 5.46. The number of benzene rings is 2. The van der Waals surface area contributed by atoms with Crippen molar-refractivity contribution in [3.8, 4) is 17.2 Å². The van der Waals surface area contributed by atoms with Crippen LogP contribution in [0.1, 0.15) is 17.2 Å². The minimum Gasteiger partial charge on any atom is -0.497 e. The lowest BCUT2D eigenvalue weighted by atomic mass is 10.0. The molecule has 2 aromatic rings. The van der Waals surface area contributed by atoms with Crippen LogP contribution in [0.15, 0.2) is 36.4 Å². The zero-order valence-electron chi connectivity index (χ0n) is 12.1. The van der Waals surface area contributed by atoms with Gasteiger partial charge in [-0.15, -0.1) is 0 Å². The van der Waals surface area contributed by atoms with E-state index in [1.165, 1.54) is 26.4 Å². The Morgan fingerprint density at radius 3 is 2.00 bits per heavy atom. The first kappa shape index (κ1) is 15.1. The summed E-state index contributed by atoms with van der Waals surface area (Å²) < 4.78 is 29.3. The maximum atomic E-state index is 14.1. The normalized spacial score (nSPS) is 11.9. The fourth-order valence-corrected chi connectivity index (χ4v) is 2.05. The second-order valence-corrected chi connectivity index (χ2v) is 4.40. The average molecular weight is 292 g/mol. The third-order valence-corrected chi connectivity index (χ3v) is 3.23. The van der Waals surface area contributed by atoms with Crippen molar-refractivity contribution in [1.29, 1.82) is 0 Å². The Morgan fingerprint density at radius 1 is 0.905 bits per heavy atom. The number of methoxy groups -OCH3 is 3. The van der Waals surface area contributed by atoms with Gasteiger partial charge in [0.1, 0.15) is 17.7 Å². The second-order valence-electron chi connectivity index (χ2n) is 4.40. The molecule has 2 rings (SSSR count). The standard InChI is InChI=1S/C16H17FO4/c1-19-11-6-4-10(5-7-11)16(18)12-8-14(20-2)15(21-3)9-13(12)17/h4-9,16,18H,1-3H3. The first-order valence-corrected chi connectivity index (χ1v) is 6.34. The highest BCUT2D eigenvalue weighted by atomic mass is 19.1. The van der Waals surface area contributed by atoms with Gasteiger partial charge < -0.3 is 19.3 Å². The van der Waals surface area contributed by atoms with Gasteiger partial charge in [0, 0.05) is 11.6 Å². The molecule has 0 aliphatic carbocycles. The molecular formula is C16H17FO4. The molecule has 21 heavy (non-hydrogen) atoms. The zero-order valence-corrected chi connectivity index (χ0v) is 12.1. The Bertz CT molecular complexity index is 610. The molecule has 0 aromatic heterocycles. The number of hydrogen-bond donors (Lipinski definition) is 1. The molecule has 0 saturated heterocycles. The molecule has 1 N–H and O–H groups in total. The van der Waals surface area contributed by atoms with E-state index in [-0.39, 0.29) is 11.3 Å². The third kappa shape index (κ3) is 3.08. The van der Waals surface area contributed by atoms with Gasteiger partial charge in [-0.2, -0.15) is 0 Å². The van der Waals surface area contributed by atoms with E-state index in [0.717, 1.165) is 0 Å². The molecule has 0 heterocycles. The molecular weight excluding hydrogens is 275 g/mol. The van der Waals surface area contributed by atoms with Gasteiger partial charge in [0.05, 0.1) is 21.3 Å². The molecule has 0 aliphatic heterocycles. The smallest absolute Gasteiger partial charge is 0.163 e. The van der Waals surface area contributed by atoms with E-state index < -0.39 is 11.9 Å². The maximum Gasteiger partial charge on any atom is 0.163 e. The summed E-state index contributed by atoms with van der Waals surface area (Å²) in [4.78, 5) is 0. The summed E-state index contributed by atoms with van der Waals surface area (Å²) in [5.74, 6) is 0.747. The number of aliphatic hydroxyl groups is 1.